The van der Waals surface area contributed by atoms with Crippen LogP contribution < -0.4 is 27.8 Å². The van der Waals surface area contributed by atoms with Gasteiger partial charge in [0.2, 0.25) is 11.8 Å². The summed E-state index contributed by atoms with van der Waals surface area (Å²) in [6.45, 7) is 7.01. The second-order valence-corrected chi connectivity index (χ2v) is 9.12. The molecule has 0 aliphatic heterocycles. The number of benzene rings is 1. The Kier molecular flexibility index (Phi) is 11.6. The Morgan fingerprint density at radius 2 is 1.77 bits per heavy atom. The van der Waals surface area contributed by atoms with Crippen molar-refractivity contribution in [2.45, 2.75) is 65.3 Å². The fraction of sp³-hybridized carbons (Fsp3) is 0.520. The molecular weight excluding hydrogens is 450 g/mol. The Bertz CT molecular complexity index is 907. The minimum atomic E-state index is -1.94. The smallest absolute Gasteiger partial charge is 0.312 e. The third-order valence-corrected chi connectivity index (χ3v) is 6.53. The van der Waals surface area contributed by atoms with Crippen molar-refractivity contribution in [1.82, 2.24) is 16.2 Å². The molecule has 0 heterocycles. The number of rotatable bonds is 14. The molecule has 0 saturated heterocycles. The third kappa shape index (κ3) is 7.37. The van der Waals surface area contributed by atoms with Crippen LogP contribution in [0.3, 0.4) is 0 Å². The topological polar surface area (TPSA) is 177 Å². The van der Waals surface area contributed by atoms with Gasteiger partial charge in [0.1, 0.15) is 11.0 Å². The number of carbonyl (C=O) groups is 4. The second kappa shape index (κ2) is 13.6. The van der Waals surface area contributed by atoms with E-state index in [2.05, 4.69) is 10.7 Å². The molecule has 1 aromatic rings. The van der Waals surface area contributed by atoms with Gasteiger partial charge in [0.25, 0.3) is 0 Å². The highest BCUT2D eigenvalue weighted by molar-refractivity contribution is 6.12. The van der Waals surface area contributed by atoms with Crippen LogP contribution in [0.1, 0.15) is 65.4 Å². The molecule has 10 heteroatoms. The Morgan fingerprint density at radius 3 is 2.26 bits per heavy atom. The Balaban J connectivity index is 3.65. The first-order valence-electron chi connectivity index (χ1n) is 11.8. The van der Waals surface area contributed by atoms with Gasteiger partial charge in [-0.2, -0.15) is 0 Å². The van der Waals surface area contributed by atoms with Gasteiger partial charge in [-0.05, 0) is 37.7 Å². The van der Waals surface area contributed by atoms with Crippen molar-refractivity contribution in [1.29, 1.82) is 0 Å². The van der Waals surface area contributed by atoms with E-state index in [0.29, 0.717) is 12.8 Å². The summed E-state index contributed by atoms with van der Waals surface area (Å²) in [5, 5.41) is 11.9. The van der Waals surface area contributed by atoms with Gasteiger partial charge in [-0.1, -0.05) is 76.1 Å². The van der Waals surface area contributed by atoms with Crippen molar-refractivity contribution >= 4 is 29.7 Å². The number of hydrazine groups is 1. The minimum absolute atomic E-state index is 0.0382. The van der Waals surface area contributed by atoms with Crippen LogP contribution >= 0.6 is 0 Å². The number of Topliss-reactive ketones (excluding diaryl/α,β-unsaturated/α-hetero) is 1. The van der Waals surface area contributed by atoms with Crippen molar-refractivity contribution in [2.24, 2.45) is 28.8 Å². The standard InChI is InChI=1S/C25H39N5O5/c1-5-15-25(22(33)29-27,16-17(3)6-2)21(32)24(4,28-23(26)34)19(20(31)30-35)14-10-13-18-11-8-7-9-12-18/h7-13,17,19,35H,5-6,14-16,27H2,1-4H3,(H,29,33)(H,30,31)(H3,26,28,34)/b13-10+/t17?,19-,24-,25?/m1/s1. The summed E-state index contributed by atoms with van der Waals surface area (Å²) >= 11 is 0. The fourth-order valence-corrected chi connectivity index (χ4v) is 4.56. The third-order valence-electron chi connectivity index (χ3n) is 6.53. The van der Waals surface area contributed by atoms with Gasteiger partial charge in [0.15, 0.2) is 5.78 Å². The number of hydrogen-bond donors (Lipinski definition) is 6. The predicted molar refractivity (Wildman–Crippen MR) is 133 cm³/mol. The zero-order valence-electron chi connectivity index (χ0n) is 21.0. The van der Waals surface area contributed by atoms with E-state index in [0.717, 1.165) is 5.56 Å². The van der Waals surface area contributed by atoms with Crippen LogP contribution in [0.2, 0.25) is 0 Å². The minimum Gasteiger partial charge on any atom is -0.352 e. The summed E-state index contributed by atoms with van der Waals surface area (Å²) in [6, 6.07) is 8.21. The first-order chi connectivity index (χ1) is 16.5. The summed E-state index contributed by atoms with van der Waals surface area (Å²) in [5.41, 5.74) is 6.40. The molecule has 0 radical (unpaired) electrons. The molecule has 0 saturated carbocycles. The summed E-state index contributed by atoms with van der Waals surface area (Å²) in [4.78, 5) is 52.3. The van der Waals surface area contributed by atoms with Gasteiger partial charge >= 0.3 is 6.03 Å². The quantitative estimate of drug-likeness (QED) is 0.0768. The highest BCUT2D eigenvalue weighted by Crippen LogP contribution is 2.40. The van der Waals surface area contributed by atoms with Crippen LogP contribution in [0.15, 0.2) is 36.4 Å². The van der Waals surface area contributed by atoms with Crippen LogP contribution in [0, 0.1) is 17.3 Å². The highest BCUT2D eigenvalue weighted by Gasteiger charge is 2.57. The van der Waals surface area contributed by atoms with Crippen molar-refractivity contribution in [3.63, 3.8) is 0 Å². The lowest BCUT2D eigenvalue weighted by molar-refractivity contribution is -0.153. The molecule has 0 bridgehead atoms. The summed E-state index contributed by atoms with van der Waals surface area (Å²) in [5.74, 6) is 1.87. The lowest BCUT2D eigenvalue weighted by atomic mass is 9.63. The number of nitrogens with two attached hydrogens (primary N) is 2. The Hall–Kier alpha value is -3.24. The molecule has 35 heavy (non-hydrogen) atoms. The van der Waals surface area contributed by atoms with Gasteiger partial charge in [-0.3, -0.25) is 25.0 Å². The van der Waals surface area contributed by atoms with E-state index in [1.807, 2.05) is 51.1 Å². The number of urea groups is 1. The molecule has 0 fully saturated rings. The van der Waals surface area contributed by atoms with E-state index in [9.17, 15) is 24.4 Å². The zero-order valence-corrected chi connectivity index (χ0v) is 21.0. The SMILES string of the molecule is CCCC(CC(C)CC)(C(=O)NN)C(=O)[C@](C)(NC(N)=O)[C@H](C/C=C/c1ccccc1)C(=O)NO. The Morgan fingerprint density at radius 1 is 1.14 bits per heavy atom. The molecule has 1 aromatic carbocycles. The van der Waals surface area contributed by atoms with Crippen LogP contribution in [-0.2, 0) is 14.4 Å². The average Bonchev–Trinajstić information content (AvgIpc) is 2.84. The van der Waals surface area contributed by atoms with Gasteiger partial charge in [-0.15, -0.1) is 0 Å². The van der Waals surface area contributed by atoms with Gasteiger partial charge in [0.05, 0.1) is 5.92 Å². The molecule has 8 N–H and O–H groups in total. The molecule has 0 aliphatic rings. The van der Waals surface area contributed by atoms with Crippen molar-refractivity contribution < 1.29 is 24.4 Å². The maximum absolute atomic E-state index is 14.3. The highest BCUT2D eigenvalue weighted by atomic mass is 16.5. The molecule has 0 spiro atoms. The van der Waals surface area contributed by atoms with E-state index < -0.39 is 40.5 Å². The zero-order chi connectivity index (χ0) is 26.6. The lowest BCUT2D eigenvalue weighted by Crippen LogP contribution is -2.67. The summed E-state index contributed by atoms with van der Waals surface area (Å²) in [6.07, 6.45) is 4.81. The van der Waals surface area contributed by atoms with E-state index in [-0.39, 0.29) is 25.2 Å². The van der Waals surface area contributed by atoms with Gasteiger partial charge in [-0.25, -0.2) is 16.1 Å². The van der Waals surface area contributed by atoms with E-state index >= 15 is 0 Å². The Labute approximate surface area is 206 Å². The number of ketones is 1. The van der Waals surface area contributed by atoms with Crippen LogP contribution in [0.25, 0.3) is 6.08 Å². The van der Waals surface area contributed by atoms with Crippen LogP contribution in [-0.4, -0.2) is 34.4 Å². The molecule has 1 rings (SSSR count). The van der Waals surface area contributed by atoms with Crippen molar-refractivity contribution in [3.8, 4) is 0 Å². The first kappa shape index (κ1) is 29.8. The largest absolute Gasteiger partial charge is 0.352 e. The fourth-order valence-electron chi connectivity index (χ4n) is 4.56. The first-order valence-corrected chi connectivity index (χ1v) is 11.8. The average molecular weight is 490 g/mol. The molecule has 4 amide bonds. The number of hydroxylamine groups is 1. The summed E-state index contributed by atoms with van der Waals surface area (Å²) in [7, 11) is 0. The molecule has 0 aliphatic carbocycles. The number of carbonyl (C=O) groups excluding carboxylic acids is 4. The summed E-state index contributed by atoms with van der Waals surface area (Å²) < 4.78 is 0. The number of amides is 4. The lowest BCUT2D eigenvalue weighted by Gasteiger charge is -2.43. The monoisotopic (exact) mass is 489 g/mol. The second-order valence-electron chi connectivity index (χ2n) is 9.12. The molecule has 2 unspecified atom stereocenters. The maximum atomic E-state index is 14.3. The van der Waals surface area contributed by atoms with Gasteiger partial charge in [0, 0.05) is 0 Å². The van der Waals surface area contributed by atoms with E-state index in [1.165, 1.54) is 6.92 Å². The van der Waals surface area contributed by atoms with Crippen LogP contribution in [0.4, 0.5) is 4.79 Å². The molecular formula is C25H39N5O5. The number of primary amides is 1. The predicted octanol–water partition coefficient (Wildman–Crippen LogP) is 2.42. The van der Waals surface area contributed by atoms with Crippen LogP contribution in [0.5, 0.6) is 0 Å². The number of hydrogen-bond acceptors (Lipinski definition) is 6. The maximum Gasteiger partial charge on any atom is 0.312 e. The number of allylic oxidation sites excluding steroid dienone is 1. The van der Waals surface area contributed by atoms with E-state index in [4.69, 9.17) is 11.6 Å². The molecule has 4 atom stereocenters. The normalized spacial score (nSPS) is 16.4. The van der Waals surface area contributed by atoms with Crippen molar-refractivity contribution in [3.05, 3.63) is 42.0 Å². The van der Waals surface area contributed by atoms with Crippen molar-refractivity contribution in [2.75, 3.05) is 0 Å². The number of nitrogens with one attached hydrogen (secondary N) is 3. The van der Waals surface area contributed by atoms with Gasteiger partial charge < -0.3 is 11.1 Å². The molecule has 0 aromatic heterocycles. The van der Waals surface area contributed by atoms with E-state index in [1.54, 1.807) is 17.6 Å². The molecule has 194 valence electrons. The molecule has 10 nitrogen and oxygen atoms in total.